The smallest absolute Gasteiger partial charge is 0.341 e. The van der Waals surface area contributed by atoms with Crippen LogP contribution in [0.3, 0.4) is 0 Å². The Labute approximate surface area is 152 Å². The van der Waals surface area contributed by atoms with E-state index in [0.717, 1.165) is 35.4 Å². The normalized spacial score (nSPS) is 11.1. The van der Waals surface area contributed by atoms with E-state index in [1.54, 1.807) is 19.1 Å². The SMILES string of the molecule is CCCCN(C)Cc1sc(N)c(C(=O)OCC)c1-c1ccc(F)cc1. The first-order valence-electron chi connectivity index (χ1n) is 8.50. The minimum atomic E-state index is -0.432. The highest BCUT2D eigenvalue weighted by molar-refractivity contribution is 7.17. The lowest BCUT2D eigenvalue weighted by Gasteiger charge is -2.16. The largest absolute Gasteiger partial charge is 0.462 e. The number of nitrogens with zero attached hydrogens (tertiary/aromatic N) is 1. The maximum Gasteiger partial charge on any atom is 0.341 e. The highest BCUT2D eigenvalue weighted by atomic mass is 32.1. The van der Waals surface area contributed by atoms with Crippen LogP contribution < -0.4 is 5.73 Å². The lowest BCUT2D eigenvalue weighted by molar-refractivity contribution is 0.0529. The third-order valence-corrected chi connectivity index (χ3v) is 4.93. The molecule has 4 nitrogen and oxygen atoms in total. The van der Waals surface area contributed by atoms with Gasteiger partial charge in [0.1, 0.15) is 16.4 Å². The first-order chi connectivity index (χ1) is 12.0. The molecule has 2 N–H and O–H groups in total. The van der Waals surface area contributed by atoms with Crippen molar-refractivity contribution in [1.29, 1.82) is 0 Å². The van der Waals surface area contributed by atoms with Gasteiger partial charge < -0.3 is 15.4 Å². The fraction of sp³-hybridized carbons (Fsp3) is 0.421. The summed E-state index contributed by atoms with van der Waals surface area (Å²) < 4.78 is 18.5. The van der Waals surface area contributed by atoms with Gasteiger partial charge in [0, 0.05) is 17.0 Å². The molecule has 2 rings (SSSR count). The number of nitrogen functional groups attached to an aromatic ring is 1. The second-order valence-electron chi connectivity index (χ2n) is 5.96. The Hall–Kier alpha value is -1.92. The Kier molecular flexibility index (Phi) is 6.96. The van der Waals surface area contributed by atoms with Crippen LogP contribution in [0.15, 0.2) is 24.3 Å². The van der Waals surface area contributed by atoms with Crippen molar-refractivity contribution in [3.05, 3.63) is 40.5 Å². The van der Waals surface area contributed by atoms with Crippen molar-refractivity contribution in [1.82, 2.24) is 4.90 Å². The molecule has 2 aromatic rings. The van der Waals surface area contributed by atoms with Gasteiger partial charge in [-0.25, -0.2) is 9.18 Å². The number of esters is 1. The van der Waals surface area contributed by atoms with E-state index >= 15 is 0 Å². The van der Waals surface area contributed by atoms with Crippen molar-refractivity contribution in [3.63, 3.8) is 0 Å². The predicted octanol–water partition coefficient (Wildman–Crippen LogP) is 4.55. The van der Waals surface area contributed by atoms with Gasteiger partial charge in [0.05, 0.1) is 6.61 Å². The number of rotatable bonds is 8. The average Bonchev–Trinajstić information content (AvgIpc) is 2.90. The van der Waals surface area contributed by atoms with E-state index in [0.29, 0.717) is 17.1 Å². The summed E-state index contributed by atoms with van der Waals surface area (Å²) in [7, 11) is 2.05. The van der Waals surface area contributed by atoms with Crippen molar-refractivity contribution in [3.8, 4) is 11.1 Å². The zero-order chi connectivity index (χ0) is 18.4. The summed E-state index contributed by atoms with van der Waals surface area (Å²) in [6, 6.07) is 6.13. The van der Waals surface area contributed by atoms with Crippen molar-refractivity contribution in [2.24, 2.45) is 0 Å². The first kappa shape index (κ1) is 19.4. The molecule has 0 fully saturated rings. The number of carbonyl (C=O) groups excluding carboxylic acids is 1. The third kappa shape index (κ3) is 4.80. The molecule has 1 aromatic carbocycles. The van der Waals surface area contributed by atoms with Crippen LogP contribution >= 0.6 is 11.3 Å². The molecule has 0 spiro atoms. The molecular weight excluding hydrogens is 339 g/mol. The predicted molar refractivity (Wildman–Crippen MR) is 101 cm³/mol. The Balaban J connectivity index is 2.46. The van der Waals surface area contributed by atoms with Gasteiger partial charge in [-0.1, -0.05) is 25.5 Å². The van der Waals surface area contributed by atoms with Gasteiger partial charge in [-0.05, 0) is 44.6 Å². The fourth-order valence-electron chi connectivity index (χ4n) is 2.69. The van der Waals surface area contributed by atoms with Crippen LogP contribution in [0.1, 0.15) is 41.9 Å². The highest BCUT2D eigenvalue weighted by Gasteiger charge is 2.25. The van der Waals surface area contributed by atoms with E-state index in [4.69, 9.17) is 10.5 Å². The molecule has 0 bridgehead atoms. The number of nitrogens with two attached hydrogens (primary N) is 1. The first-order valence-corrected chi connectivity index (χ1v) is 9.32. The summed E-state index contributed by atoms with van der Waals surface area (Å²) in [5.41, 5.74) is 8.06. The molecule has 0 saturated heterocycles. The topological polar surface area (TPSA) is 55.6 Å². The van der Waals surface area contributed by atoms with Gasteiger partial charge >= 0.3 is 5.97 Å². The van der Waals surface area contributed by atoms with Gasteiger partial charge in [0.2, 0.25) is 0 Å². The van der Waals surface area contributed by atoms with Crippen molar-refractivity contribution in [2.45, 2.75) is 33.2 Å². The summed E-state index contributed by atoms with van der Waals surface area (Å²) in [4.78, 5) is 15.6. The van der Waals surface area contributed by atoms with E-state index < -0.39 is 5.97 Å². The summed E-state index contributed by atoms with van der Waals surface area (Å²) in [6.07, 6.45) is 2.23. The summed E-state index contributed by atoms with van der Waals surface area (Å²) in [6.45, 7) is 5.84. The highest BCUT2D eigenvalue weighted by Crippen LogP contribution is 2.40. The molecule has 0 amide bonds. The van der Waals surface area contributed by atoms with Crippen LogP contribution in [0.2, 0.25) is 0 Å². The number of halogens is 1. The van der Waals surface area contributed by atoms with Gasteiger partial charge in [-0.3, -0.25) is 0 Å². The molecule has 0 aliphatic carbocycles. The monoisotopic (exact) mass is 364 g/mol. The van der Waals surface area contributed by atoms with Crippen LogP contribution in [-0.4, -0.2) is 31.1 Å². The Bertz CT molecular complexity index is 713. The second-order valence-corrected chi connectivity index (χ2v) is 7.09. The maximum atomic E-state index is 13.3. The van der Waals surface area contributed by atoms with Crippen LogP contribution in [-0.2, 0) is 11.3 Å². The number of hydrogen-bond donors (Lipinski definition) is 1. The standard InChI is InChI=1S/C19H25FN2O2S/c1-4-6-11-22(3)12-15-16(13-7-9-14(20)10-8-13)17(18(21)25-15)19(23)24-5-2/h7-10H,4-6,11-12,21H2,1-3H3. The van der Waals surface area contributed by atoms with E-state index in [1.807, 2.05) is 7.05 Å². The molecular formula is C19H25FN2O2S. The molecule has 0 aliphatic rings. The van der Waals surface area contributed by atoms with E-state index in [2.05, 4.69) is 11.8 Å². The molecule has 1 aromatic heterocycles. The Morgan fingerprint density at radius 2 is 1.96 bits per heavy atom. The van der Waals surface area contributed by atoms with E-state index in [1.165, 1.54) is 23.5 Å². The Morgan fingerprint density at radius 1 is 1.28 bits per heavy atom. The Morgan fingerprint density at radius 3 is 2.56 bits per heavy atom. The van der Waals surface area contributed by atoms with E-state index in [-0.39, 0.29) is 12.4 Å². The van der Waals surface area contributed by atoms with Crippen molar-refractivity contribution in [2.75, 3.05) is 25.9 Å². The molecule has 6 heteroatoms. The molecule has 136 valence electrons. The molecule has 0 aliphatic heterocycles. The zero-order valence-corrected chi connectivity index (χ0v) is 15.8. The minimum absolute atomic E-state index is 0.280. The van der Waals surface area contributed by atoms with Crippen LogP contribution in [0.25, 0.3) is 11.1 Å². The maximum absolute atomic E-state index is 13.3. The zero-order valence-electron chi connectivity index (χ0n) is 15.0. The average molecular weight is 364 g/mol. The van der Waals surface area contributed by atoms with Crippen molar-refractivity contribution < 1.29 is 13.9 Å². The number of hydrogen-bond acceptors (Lipinski definition) is 5. The summed E-state index contributed by atoms with van der Waals surface area (Å²) in [5, 5.41) is 0.441. The molecule has 0 atom stereocenters. The number of ether oxygens (including phenoxy) is 1. The number of unbranched alkanes of at least 4 members (excludes halogenated alkanes) is 1. The van der Waals surface area contributed by atoms with Gasteiger partial charge in [-0.2, -0.15) is 0 Å². The number of thiophene rings is 1. The van der Waals surface area contributed by atoms with Crippen LogP contribution in [0.5, 0.6) is 0 Å². The molecule has 0 saturated carbocycles. The summed E-state index contributed by atoms with van der Waals surface area (Å²) >= 11 is 1.40. The van der Waals surface area contributed by atoms with Crippen LogP contribution in [0.4, 0.5) is 9.39 Å². The number of anilines is 1. The number of benzene rings is 1. The number of carbonyl (C=O) groups is 1. The third-order valence-electron chi connectivity index (χ3n) is 3.93. The lowest BCUT2D eigenvalue weighted by atomic mass is 10.0. The van der Waals surface area contributed by atoms with Gasteiger partial charge in [0.25, 0.3) is 0 Å². The summed E-state index contributed by atoms with van der Waals surface area (Å²) in [5.74, 6) is -0.746. The van der Waals surface area contributed by atoms with E-state index in [9.17, 15) is 9.18 Å². The lowest BCUT2D eigenvalue weighted by Crippen LogP contribution is -2.18. The molecule has 25 heavy (non-hydrogen) atoms. The minimum Gasteiger partial charge on any atom is -0.462 e. The quantitative estimate of drug-likeness (QED) is 0.699. The van der Waals surface area contributed by atoms with Gasteiger partial charge in [0.15, 0.2) is 0 Å². The molecule has 0 radical (unpaired) electrons. The van der Waals surface area contributed by atoms with Gasteiger partial charge in [-0.15, -0.1) is 11.3 Å². The van der Waals surface area contributed by atoms with Crippen molar-refractivity contribution >= 4 is 22.3 Å². The molecule has 1 heterocycles. The van der Waals surface area contributed by atoms with Crippen LogP contribution in [0, 0.1) is 5.82 Å². The second kappa shape index (κ2) is 8.97. The molecule has 0 unspecified atom stereocenters. The fourth-order valence-corrected chi connectivity index (χ4v) is 3.85.